The number of methoxy groups -OCH3 is 1. The van der Waals surface area contributed by atoms with E-state index in [-0.39, 0.29) is 5.69 Å². The average Bonchev–Trinajstić information content (AvgIpc) is 2.43. The molecule has 0 aromatic heterocycles. The molecule has 7 nitrogen and oxygen atoms in total. The molecular weight excluding hydrogens is 296 g/mol. The lowest BCUT2D eigenvalue weighted by Gasteiger charge is -2.28. The highest BCUT2D eigenvalue weighted by Crippen LogP contribution is 2.33. The number of rotatable bonds is 7. The van der Waals surface area contributed by atoms with Gasteiger partial charge in [0.1, 0.15) is 11.8 Å². The zero-order valence-electron chi connectivity index (χ0n) is 12.0. The van der Waals surface area contributed by atoms with Gasteiger partial charge < -0.3 is 15.6 Å². The van der Waals surface area contributed by atoms with Crippen LogP contribution >= 0.6 is 11.8 Å². The molecule has 3 N–H and O–H groups in total. The van der Waals surface area contributed by atoms with Crippen LogP contribution in [-0.2, 0) is 10.5 Å². The first-order valence-corrected chi connectivity index (χ1v) is 7.10. The summed E-state index contributed by atoms with van der Waals surface area (Å²) < 4.78 is 4.33. The number of hydrogen-bond acceptors (Lipinski definition) is 6. The van der Waals surface area contributed by atoms with E-state index in [1.807, 2.05) is 0 Å². The van der Waals surface area contributed by atoms with Crippen molar-refractivity contribution in [2.24, 2.45) is 5.73 Å². The van der Waals surface area contributed by atoms with Gasteiger partial charge in [0.2, 0.25) is 0 Å². The summed E-state index contributed by atoms with van der Waals surface area (Å²) in [6.45, 7) is 3.45. The van der Waals surface area contributed by atoms with Crippen LogP contribution in [0, 0.1) is 10.1 Å². The van der Waals surface area contributed by atoms with Gasteiger partial charge in [0, 0.05) is 16.6 Å². The van der Waals surface area contributed by atoms with Crippen LogP contribution in [0.5, 0.6) is 5.75 Å². The first-order valence-electron chi connectivity index (χ1n) is 6.12. The monoisotopic (exact) mass is 314 g/mol. The molecule has 0 saturated carbocycles. The number of ether oxygens (including phenoxy) is 1. The Morgan fingerprint density at radius 3 is 2.62 bits per heavy atom. The van der Waals surface area contributed by atoms with E-state index >= 15 is 0 Å². The van der Waals surface area contributed by atoms with E-state index in [1.54, 1.807) is 19.9 Å². The van der Waals surface area contributed by atoms with Crippen LogP contribution in [0.2, 0.25) is 0 Å². The van der Waals surface area contributed by atoms with E-state index < -0.39 is 21.7 Å². The van der Waals surface area contributed by atoms with Crippen molar-refractivity contribution in [1.29, 1.82) is 0 Å². The number of carboxylic acids is 1. The Balaban J connectivity index is 2.90. The van der Waals surface area contributed by atoms with Crippen molar-refractivity contribution in [3.8, 4) is 5.75 Å². The zero-order valence-corrected chi connectivity index (χ0v) is 12.8. The molecule has 1 atom stereocenters. The predicted octanol–water partition coefficient (Wildman–Crippen LogP) is 2.03. The van der Waals surface area contributed by atoms with E-state index in [2.05, 4.69) is 0 Å². The summed E-state index contributed by atoms with van der Waals surface area (Å²) in [6.07, 6.45) is 0. The highest BCUT2D eigenvalue weighted by Gasteiger charge is 2.32. The van der Waals surface area contributed by atoms with Crippen LogP contribution in [-0.4, -0.2) is 33.9 Å². The van der Waals surface area contributed by atoms with Crippen molar-refractivity contribution < 1.29 is 19.6 Å². The van der Waals surface area contributed by atoms with Crippen LogP contribution in [0.4, 0.5) is 5.69 Å². The summed E-state index contributed by atoms with van der Waals surface area (Å²) in [5.41, 5.74) is 6.25. The molecule has 0 bridgehead atoms. The van der Waals surface area contributed by atoms with Crippen LogP contribution in [0.25, 0.3) is 0 Å². The minimum absolute atomic E-state index is 0.0645. The van der Waals surface area contributed by atoms with Gasteiger partial charge >= 0.3 is 5.97 Å². The Bertz CT molecular complexity index is 547. The third kappa shape index (κ3) is 4.61. The molecule has 0 saturated heterocycles. The molecule has 0 amide bonds. The smallest absolute Gasteiger partial charge is 0.321 e. The topological polar surface area (TPSA) is 116 Å². The number of hydrogen-bond donors (Lipinski definition) is 2. The second-order valence-corrected chi connectivity index (χ2v) is 6.63. The molecule has 0 unspecified atom stereocenters. The third-order valence-corrected chi connectivity index (χ3v) is 4.50. The van der Waals surface area contributed by atoms with Gasteiger partial charge in [-0.3, -0.25) is 14.9 Å². The molecule has 21 heavy (non-hydrogen) atoms. The summed E-state index contributed by atoms with van der Waals surface area (Å²) >= 11 is 1.32. The summed E-state index contributed by atoms with van der Waals surface area (Å²) in [7, 11) is 1.43. The van der Waals surface area contributed by atoms with Crippen molar-refractivity contribution in [2.75, 3.05) is 7.11 Å². The summed E-state index contributed by atoms with van der Waals surface area (Å²) in [4.78, 5) is 21.3. The van der Waals surface area contributed by atoms with Crippen LogP contribution in [0.15, 0.2) is 18.2 Å². The fourth-order valence-electron chi connectivity index (χ4n) is 1.61. The maximum absolute atomic E-state index is 11.0. The molecule has 0 heterocycles. The number of benzene rings is 1. The van der Waals surface area contributed by atoms with Crippen molar-refractivity contribution in [3.63, 3.8) is 0 Å². The van der Waals surface area contributed by atoms with Gasteiger partial charge in [-0.1, -0.05) is 0 Å². The SMILES string of the molecule is COc1cc(CSC(C)(C)[C@@H](N)C(=O)O)cc([N+](=O)[O-])c1. The number of nitrogens with two attached hydrogens (primary N) is 1. The number of aliphatic carboxylic acids is 1. The van der Waals surface area contributed by atoms with Crippen molar-refractivity contribution >= 4 is 23.4 Å². The maximum atomic E-state index is 11.0. The van der Waals surface area contributed by atoms with Gasteiger partial charge in [0.25, 0.3) is 5.69 Å². The number of nitro groups is 1. The van der Waals surface area contributed by atoms with Gasteiger partial charge in [-0.05, 0) is 25.5 Å². The largest absolute Gasteiger partial charge is 0.496 e. The lowest BCUT2D eigenvalue weighted by molar-refractivity contribution is -0.385. The molecule has 1 rings (SSSR count). The third-order valence-electron chi connectivity index (χ3n) is 3.02. The van der Waals surface area contributed by atoms with Crippen LogP contribution < -0.4 is 10.5 Å². The Hall–Kier alpha value is -1.80. The Morgan fingerprint density at radius 2 is 2.14 bits per heavy atom. The second kappa shape index (κ2) is 6.77. The van der Waals surface area contributed by atoms with Gasteiger partial charge in [-0.2, -0.15) is 0 Å². The molecule has 0 radical (unpaired) electrons. The number of carbonyl (C=O) groups is 1. The number of nitro benzene ring substituents is 1. The standard InChI is InChI=1S/C13H18N2O5S/c1-13(2,11(14)12(16)17)21-7-8-4-9(15(18)19)6-10(5-8)20-3/h4-6,11H,7,14H2,1-3H3,(H,16,17)/t11-/m0/s1. The Kier molecular flexibility index (Phi) is 5.56. The minimum atomic E-state index is -1.08. The number of non-ortho nitro benzene ring substituents is 1. The zero-order chi connectivity index (χ0) is 16.2. The lowest BCUT2D eigenvalue weighted by Crippen LogP contribution is -2.46. The fraction of sp³-hybridized carbons (Fsp3) is 0.462. The van der Waals surface area contributed by atoms with Crippen LogP contribution in [0.1, 0.15) is 19.4 Å². The van der Waals surface area contributed by atoms with E-state index in [4.69, 9.17) is 15.6 Å². The van der Waals surface area contributed by atoms with E-state index in [0.29, 0.717) is 17.1 Å². The molecule has 0 fully saturated rings. The van der Waals surface area contributed by atoms with Gasteiger partial charge in [-0.25, -0.2) is 0 Å². The van der Waals surface area contributed by atoms with Gasteiger partial charge in [-0.15, -0.1) is 11.8 Å². The number of nitrogens with zero attached hydrogens (tertiary/aromatic N) is 1. The molecule has 8 heteroatoms. The highest BCUT2D eigenvalue weighted by atomic mass is 32.2. The highest BCUT2D eigenvalue weighted by molar-refractivity contribution is 7.99. The lowest BCUT2D eigenvalue weighted by atomic mass is 10.1. The molecular formula is C13H18N2O5S. The minimum Gasteiger partial charge on any atom is -0.496 e. The van der Waals surface area contributed by atoms with Crippen molar-refractivity contribution in [2.45, 2.75) is 30.4 Å². The molecule has 116 valence electrons. The molecule has 0 spiro atoms. The molecule has 0 aliphatic carbocycles. The molecule has 1 aromatic carbocycles. The second-order valence-electron chi connectivity index (χ2n) is 5.00. The molecule has 0 aliphatic heterocycles. The van der Waals surface area contributed by atoms with Crippen molar-refractivity contribution in [1.82, 2.24) is 0 Å². The summed E-state index contributed by atoms with van der Waals surface area (Å²) in [5, 5.41) is 19.8. The van der Waals surface area contributed by atoms with Crippen LogP contribution in [0.3, 0.4) is 0 Å². The number of carboxylic acid groups (broad SMARTS) is 1. The van der Waals surface area contributed by atoms with Crippen molar-refractivity contribution in [3.05, 3.63) is 33.9 Å². The molecule has 0 aliphatic rings. The van der Waals surface area contributed by atoms with E-state index in [0.717, 1.165) is 0 Å². The maximum Gasteiger partial charge on any atom is 0.321 e. The molecule has 1 aromatic rings. The van der Waals surface area contributed by atoms with E-state index in [9.17, 15) is 14.9 Å². The predicted molar refractivity (Wildman–Crippen MR) is 80.6 cm³/mol. The first kappa shape index (κ1) is 17.3. The first-order chi connectivity index (χ1) is 9.67. The Labute approximate surface area is 126 Å². The normalized spacial score (nSPS) is 12.8. The Morgan fingerprint density at radius 1 is 1.52 bits per heavy atom. The van der Waals surface area contributed by atoms with Gasteiger partial charge in [0.05, 0.1) is 18.1 Å². The van der Waals surface area contributed by atoms with E-state index in [1.165, 1.54) is 31.0 Å². The fourth-order valence-corrected chi connectivity index (χ4v) is 2.59. The van der Waals surface area contributed by atoms with Gasteiger partial charge in [0.15, 0.2) is 0 Å². The average molecular weight is 314 g/mol. The summed E-state index contributed by atoms with van der Waals surface area (Å²) in [6, 6.07) is 3.44. The quantitative estimate of drug-likeness (QED) is 0.584. The summed E-state index contributed by atoms with van der Waals surface area (Å²) in [5.74, 6) is -0.296. The number of thioether (sulfide) groups is 1.